The van der Waals surface area contributed by atoms with Gasteiger partial charge in [-0.25, -0.2) is 9.37 Å². The molecule has 0 aliphatic carbocycles. The summed E-state index contributed by atoms with van der Waals surface area (Å²) in [4.78, 5) is 25.4. The number of anilines is 1. The van der Waals surface area contributed by atoms with Crippen molar-refractivity contribution >= 4 is 34.9 Å². The highest BCUT2D eigenvalue weighted by Gasteiger charge is 2.23. The minimum absolute atomic E-state index is 0.173. The van der Waals surface area contributed by atoms with E-state index < -0.39 is 5.97 Å². The SMILES string of the molecule is CCN(CC)c1ccc2cc(/C=C/C3(C)C=C[N+](CCCCCC(=O)O)=CC3)c(=O)oc2c1. The van der Waals surface area contributed by atoms with Gasteiger partial charge in [-0.15, -0.1) is 0 Å². The molecule has 6 heteroatoms. The summed E-state index contributed by atoms with van der Waals surface area (Å²) in [7, 11) is 0. The molecule has 3 rings (SSSR count). The number of carboxylic acid groups (broad SMARTS) is 1. The molecule has 0 amide bonds. The number of hydrogen-bond donors (Lipinski definition) is 1. The Balaban J connectivity index is 1.65. The molecule has 2 heterocycles. The van der Waals surface area contributed by atoms with E-state index in [-0.39, 0.29) is 17.5 Å². The molecule has 1 N–H and O–H groups in total. The first-order valence-corrected chi connectivity index (χ1v) is 11.9. The Hall–Kier alpha value is -3.15. The van der Waals surface area contributed by atoms with Crippen LogP contribution in [-0.2, 0) is 4.79 Å². The highest BCUT2D eigenvalue weighted by molar-refractivity contribution is 5.82. The second-order valence-electron chi connectivity index (χ2n) is 8.87. The lowest BCUT2D eigenvalue weighted by Crippen LogP contribution is -2.21. The summed E-state index contributed by atoms with van der Waals surface area (Å²) in [6.45, 7) is 9.05. The monoisotopic (exact) mass is 451 g/mol. The van der Waals surface area contributed by atoms with Gasteiger partial charge in [0.15, 0.2) is 6.20 Å². The maximum absolute atomic E-state index is 12.6. The molecule has 0 spiro atoms. The highest BCUT2D eigenvalue weighted by atomic mass is 16.4. The Morgan fingerprint density at radius 2 is 2.00 bits per heavy atom. The number of fused-ring (bicyclic) bond motifs is 1. The number of nitrogens with zero attached hydrogens (tertiary/aromatic N) is 2. The summed E-state index contributed by atoms with van der Waals surface area (Å²) in [6.07, 6.45) is 14.0. The van der Waals surface area contributed by atoms with E-state index in [9.17, 15) is 9.59 Å². The number of hydrogen-bond acceptors (Lipinski definition) is 4. The highest BCUT2D eigenvalue weighted by Crippen LogP contribution is 2.28. The minimum Gasteiger partial charge on any atom is -0.481 e. The van der Waals surface area contributed by atoms with Crippen LogP contribution in [0.5, 0.6) is 0 Å². The smallest absolute Gasteiger partial charge is 0.343 e. The Bertz CT molecular complexity index is 1120. The zero-order valence-electron chi connectivity index (χ0n) is 19.9. The molecule has 1 unspecified atom stereocenters. The Morgan fingerprint density at radius 1 is 1.21 bits per heavy atom. The third-order valence-electron chi connectivity index (χ3n) is 6.24. The number of allylic oxidation sites excluding steroid dienone is 2. The van der Waals surface area contributed by atoms with Crippen molar-refractivity contribution < 1.29 is 18.9 Å². The number of rotatable bonds is 11. The lowest BCUT2D eigenvalue weighted by Gasteiger charge is -2.21. The van der Waals surface area contributed by atoms with Crippen molar-refractivity contribution in [2.24, 2.45) is 5.41 Å². The lowest BCUT2D eigenvalue weighted by molar-refractivity contribution is -0.456. The second kappa shape index (κ2) is 11.1. The van der Waals surface area contributed by atoms with Crippen molar-refractivity contribution in [3.8, 4) is 0 Å². The molecule has 33 heavy (non-hydrogen) atoms. The first-order valence-electron chi connectivity index (χ1n) is 11.9. The van der Waals surface area contributed by atoms with Crippen molar-refractivity contribution in [3.05, 3.63) is 58.6 Å². The molecule has 0 bridgehead atoms. The third-order valence-corrected chi connectivity index (χ3v) is 6.24. The van der Waals surface area contributed by atoms with E-state index in [4.69, 9.17) is 9.52 Å². The molecule has 1 aromatic heterocycles. The topological polar surface area (TPSA) is 73.8 Å². The first-order chi connectivity index (χ1) is 15.8. The molecule has 1 aliphatic rings. The molecule has 0 saturated heterocycles. The Morgan fingerprint density at radius 3 is 2.67 bits per heavy atom. The fourth-order valence-electron chi connectivity index (χ4n) is 4.04. The van der Waals surface area contributed by atoms with Gasteiger partial charge < -0.3 is 14.4 Å². The van der Waals surface area contributed by atoms with Gasteiger partial charge in [0.25, 0.3) is 0 Å². The summed E-state index contributed by atoms with van der Waals surface area (Å²) in [5, 5.41) is 9.62. The van der Waals surface area contributed by atoms with Gasteiger partial charge >= 0.3 is 11.6 Å². The predicted molar refractivity (Wildman–Crippen MR) is 134 cm³/mol. The van der Waals surface area contributed by atoms with Gasteiger partial charge in [0.1, 0.15) is 18.3 Å². The van der Waals surface area contributed by atoms with Crippen molar-refractivity contribution in [3.63, 3.8) is 0 Å². The number of unbranched alkanes of at least 4 members (excludes halogenated alkanes) is 2. The van der Waals surface area contributed by atoms with Gasteiger partial charge in [0, 0.05) is 54.9 Å². The van der Waals surface area contributed by atoms with Gasteiger partial charge in [0.2, 0.25) is 0 Å². The molecule has 6 nitrogen and oxygen atoms in total. The van der Waals surface area contributed by atoms with Crippen LogP contribution in [-0.4, -0.2) is 41.5 Å². The van der Waals surface area contributed by atoms with Crippen LogP contribution in [0.4, 0.5) is 5.69 Å². The van der Waals surface area contributed by atoms with E-state index in [1.165, 1.54) is 0 Å². The average molecular weight is 452 g/mol. The molecular weight excluding hydrogens is 416 g/mol. The normalized spacial score (nSPS) is 18.1. The van der Waals surface area contributed by atoms with E-state index in [1.807, 2.05) is 24.3 Å². The molecule has 0 fully saturated rings. The van der Waals surface area contributed by atoms with Crippen molar-refractivity contribution in [2.75, 3.05) is 24.5 Å². The second-order valence-corrected chi connectivity index (χ2v) is 8.87. The number of benzene rings is 1. The summed E-state index contributed by atoms with van der Waals surface area (Å²) < 4.78 is 7.80. The summed E-state index contributed by atoms with van der Waals surface area (Å²) in [5.74, 6) is -0.730. The van der Waals surface area contributed by atoms with Crippen LogP contribution in [0.3, 0.4) is 0 Å². The van der Waals surface area contributed by atoms with E-state index >= 15 is 0 Å². The van der Waals surface area contributed by atoms with E-state index in [2.05, 4.69) is 60.9 Å². The summed E-state index contributed by atoms with van der Waals surface area (Å²) in [6, 6.07) is 7.91. The lowest BCUT2D eigenvalue weighted by atomic mass is 9.85. The van der Waals surface area contributed by atoms with E-state index in [0.717, 1.165) is 56.4 Å². The van der Waals surface area contributed by atoms with Gasteiger partial charge in [0.05, 0.1) is 5.56 Å². The minimum atomic E-state index is -0.730. The zero-order chi connectivity index (χ0) is 23.8. The molecule has 2 aromatic rings. The van der Waals surface area contributed by atoms with Crippen LogP contribution in [0.1, 0.15) is 58.4 Å². The molecular formula is C27H35N2O4+. The molecule has 0 saturated carbocycles. The molecule has 176 valence electrons. The maximum Gasteiger partial charge on any atom is 0.343 e. The van der Waals surface area contributed by atoms with E-state index in [1.54, 1.807) is 0 Å². The van der Waals surface area contributed by atoms with Gasteiger partial charge in [-0.1, -0.05) is 19.1 Å². The Labute approximate surface area is 195 Å². The van der Waals surface area contributed by atoms with Crippen LogP contribution >= 0.6 is 0 Å². The van der Waals surface area contributed by atoms with Crippen molar-refractivity contribution in [1.29, 1.82) is 0 Å². The fourth-order valence-corrected chi connectivity index (χ4v) is 4.04. The average Bonchev–Trinajstić information content (AvgIpc) is 2.79. The summed E-state index contributed by atoms with van der Waals surface area (Å²) in [5.41, 5.74) is 1.71. The van der Waals surface area contributed by atoms with Crippen LogP contribution < -0.4 is 10.5 Å². The van der Waals surface area contributed by atoms with Crippen molar-refractivity contribution in [1.82, 2.24) is 0 Å². The van der Waals surface area contributed by atoms with Gasteiger partial charge in [-0.05, 0) is 51.0 Å². The van der Waals surface area contributed by atoms with Crippen LogP contribution in [0, 0.1) is 5.41 Å². The fraction of sp³-hybridized carbons (Fsp3) is 0.444. The first kappa shape index (κ1) is 24.5. The molecule has 0 radical (unpaired) electrons. The van der Waals surface area contributed by atoms with Crippen LogP contribution in [0.2, 0.25) is 0 Å². The van der Waals surface area contributed by atoms with Crippen LogP contribution in [0.15, 0.2) is 51.8 Å². The standard InChI is InChI=1S/C27H34N2O4/c1-4-29(5-2)23-11-10-21-19-22(26(32)33-24(21)20-23)12-13-27(3)14-17-28(18-15-27)16-8-6-7-9-25(30)31/h10-14,17-20H,4-9,15-16H2,1-3H3/p+1/b13-12+. The molecule has 1 atom stereocenters. The molecule has 1 aromatic carbocycles. The number of carbonyl (C=O) groups is 1. The third kappa shape index (κ3) is 6.67. The quantitative estimate of drug-likeness (QED) is 0.285. The van der Waals surface area contributed by atoms with Gasteiger partial charge in [-0.2, -0.15) is 0 Å². The molecule has 1 aliphatic heterocycles. The van der Waals surface area contributed by atoms with Crippen LogP contribution in [0.25, 0.3) is 17.0 Å². The summed E-state index contributed by atoms with van der Waals surface area (Å²) >= 11 is 0. The van der Waals surface area contributed by atoms with Gasteiger partial charge in [-0.3, -0.25) is 4.79 Å². The number of carboxylic acids is 1. The number of aliphatic carboxylic acids is 1. The predicted octanol–water partition coefficient (Wildman–Crippen LogP) is 5.30. The largest absolute Gasteiger partial charge is 0.481 e. The Kier molecular flexibility index (Phi) is 8.26. The zero-order valence-corrected chi connectivity index (χ0v) is 19.9. The maximum atomic E-state index is 12.6. The van der Waals surface area contributed by atoms with E-state index in [0.29, 0.717) is 11.1 Å². The van der Waals surface area contributed by atoms with Crippen molar-refractivity contribution in [2.45, 2.75) is 52.9 Å².